The van der Waals surface area contributed by atoms with Gasteiger partial charge in [0, 0.05) is 23.4 Å². The number of pyridine rings is 3. The third kappa shape index (κ3) is 3.80. The highest BCUT2D eigenvalue weighted by molar-refractivity contribution is 5.73. The van der Waals surface area contributed by atoms with Crippen LogP contribution in [0, 0.1) is 15.9 Å². The van der Waals surface area contributed by atoms with Gasteiger partial charge in [0.1, 0.15) is 17.3 Å². The molecule has 0 radical (unpaired) electrons. The fourth-order valence-electron chi connectivity index (χ4n) is 2.77. The van der Waals surface area contributed by atoms with Crippen LogP contribution in [0.3, 0.4) is 0 Å². The lowest BCUT2D eigenvalue weighted by Gasteiger charge is -2.16. The van der Waals surface area contributed by atoms with Crippen molar-refractivity contribution in [3.8, 4) is 5.88 Å². The molecule has 3 heterocycles. The molecule has 9 nitrogen and oxygen atoms in total. The number of halogens is 1. The van der Waals surface area contributed by atoms with Crippen LogP contribution in [0.4, 0.5) is 27.4 Å². The second-order valence-electron chi connectivity index (χ2n) is 5.90. The number of ether oxygens (including phenoxy) is 1. The summed E-state index contributed by atoms with van der Waals surface area (Å²) in [4.78, 5) is 23.4. The summed E-state index contributed by atoms with van der Waals surface area (Å²) in [5.74, 6) is -0.746. The monoisotopic (exact) mass is 384 g/mol. The average Bonchev–Trinajstić information content (AvgIpc) is 2.67. The highest BCUT2D eigenvalue weighted by atomic mass is 19.1. The predicted octanol–water partition coefficient (Wildman–Crippen LogP) is 3.41. The largest absolute Gasteiger partial charge is 0.480 e. The Labute approximate surface area is 159 Å². The van der Waals surface area contributed by atoms with Crippen molar-refractivity contribution in [2.24, 2.45) is 0 Å². The second-order valence-corrected chi connectivity index (χ2v) is 5.90. The molecule has 0 saturated carbocycles. The lowest BCUT2D eigenvalue weighted by molar-refractivity contribution is -0.384. The summed E-state index contributed by atoms with van der Waals surface area (Å²) in [5, 5.41) is 14.7. The van der Waals surface area contributed by atoms with Crippen molar-refractivity contribution in [2.45, 2.75) is 12.8 Å². The van der Waals surface area contributed by atoms with Crippen LogP contribution in [-0.2, 0) is 0 Å². The third-order valence-corrected chi connectivity index (χ3v) is 4.10. The number of aromatic nitrogens is 3. The molecule has 0 unspecified atom stereocenters. The van der Waals surface area contributed by atoms with Crippen molar-refractivity contribution in [1.82, 2.24) is 15.0 Å². The molecular weight excluding hydrogens is 367 g/mol. The van der Waals surface area contributed by atoms with Gasteiger partial charge < -0.3 is 15.8 Å². The molecular formula is C18H17FN6O3. The molecule has 0 bridgehead atoms. The quantitative estimate of drug-likeness (QED) is 0.489. The molecule has 1 atom stereocenters. The van der Waals surface area contributed by atoms with E-state index < -0.39 is 16.7 Å². The van der Waals surface area contributed by atoms with E-state index in [4.69, 9.17) is 10.5 Å². The Balaban J connectivity index is 2.11. The zero-order chi connectivity index (χ0) is 20.3. The normalized spacial score (nSPS) is 11.7. The first-order chi connectivity index (χ1) is 13.4. The van der Waals surface area contributed by atoms with Crippen LogP contribution in [0.2, 0.25) is 0 Å². The maximum atomic E-state index is 13.2. The van der Waals surface area contributed by atoms with Gasteiger partial charge in [0.15, 0.2) is 0 Å². The molecule has 0 aliphatic carbocycles. The number of nitrogens with one attached hydrogen (secondary N) is 1. The van der Waals surface area contributed by atoms with Crippen LogP contribution in [0.5, 0.6) is 5.88 Å². The first-order valence-electron chi connectivity index (χ1n) is 8.23. The number of nitrogens with two attached hydrogens (primary N) is 1. The van der Waals surface area contributed by atoms with Gasteiger partial charge in [-0.2, -0.15) is 0 Å². The fourth-order valence-corrected chi connectivity index (χ4v) is 2.77. The summed E-state index contributed by atoms with van der Waals surface area (Å²) >= 11 is 0. The van der Waals surface area contributed by atoms with Gasteiger partial charge >= 0.3 is 5.69 Å². The number of hydrogen-bond donors (Lipinski definition) is 2. The Kier molecular flexibility index (Phi) is 5.30. The van der Waals surface area contributed by atoms with Crippen molar-refractivity contribution in [2.75, 3.05) is 18.2 Å². The van der Waals surface area contributed by atoms with Gasteiger partial charge in [0.05, 0.1) is 18.2 Å². The molecule has 3 aromatic rings. The first kappa shape index (κ1) is 19.0. The zero-order valence-corrected chi connectivity index (χ0v) is 15.1. The van der Waals surface area contributed by atoms with Crippen molar-refractivity contribution < 1.29 is 14.1 Å². The highest BCUT2D eigenvalue weighted by Crippen LogP contribution is 2.38. The lowest BCUT2D eigenvalue weighted by Crippen LogP contribution is -2.10. The van der Waals surface area contributed by atoms with Gasteiger partial charge in [-0.1, -0.05) is 6.92 Å². The van der Waals surface area contributed by atoms with Crippen LogP contribution in [0.15, 0.2) is 42.7 Å². The SMILES string of the molecule is COc1ncccc1Nc1nc(N)cc([C@H](C)c2ccc(F)cn2)c1[N+](=O)[O-]. The van der Waals surface area contributed by atoms with Gasteiger partial charge in [0.25, 0.3) is 0 Å². The number of hydrogen-bond acceptors (Lipinski definition) is 8. The summed E-state index contributed by atoms with van der Waals surface area (Å²) in [6.45, 7) is 1.72. The Morgan fingerprint density at radius 1 is 1.32 bits per heavy atom. The Bertz CT molecular complexity index is 1010. The lowest BCUT2D eigenvalue weighted by atomic mass is 9.96. The Morgan fingerprint density at radius 2 is 2.11 bits per heavy atom. The maximum absolute atomic E-state index is 13.2. The van der Waals surface area contributed by atoms with E-state index in [0.717, 1.165) is 6.20 Å². The third-order valence-electron chi connectivity index (χ3n) is 4.10. The molecule has 144 valence electrons. The van der Waals surface area contributed by atoms with Crippen LogP contribution >= 0.6 is 0 Å². The van der Waals surface area contributed by atoms with Crippen LogP contribution in [0.25, 0.3) is 0 Å². The Morgan fingerprint density at radius 3 is 2.75 bits per heavy atom. The molecule has 0 saturated heterocycles. The van der Waals surface area contributed by atoms with E-state index in [2.05, 4.69) is 20.3 Å². The summed E-state index contributed by atoms with van der Waals surface area (Å²) in [5.41, 5.74) is 6.77. The average molecular weight is 384 g/mol. The smallest absolute Gasteiger partial charge is 0.315 e. The van der Waals surface area contributed by atoms with Gasteiger partial charge in [-0.3, -0.25) is 15.1 Å². The van der Waals surface area contributed by atoms with Crippen LogP contribution in [-0.4, -0.2) is 27.0 Å². The number of rotatable bonds is 6. The van der Waals surface area contributed by atoms with Gasteiger partial charge in [-0.05, 0) is 30.3 Å². The molecule has 3 aromatic heterocycles. The van der Waals surface area contributed by atoms with E-state index in [-0.39, 0.29) is 23.2 Å². The van der Waals surface area contributed by atoms with E-state index >= 15 is 0 Å². The van der Waals surface area contributed by atoms with E-state index in [1.54, 1.807) is 19.1 Å². The zero-order valence-electron chi connectivity index (χ0n) is 15.1. The van der Waals surface area contributed by atoms with E-state index in [9.17, 15) is 14.5 Å². The van der Waals surface area contributed by atoms with Gasteiger partial charge in [-0.25, -0.2) is 14.4 Å². The Hall–Kier alpha value is -3.82. The number of anilines is 3. The van der Waals surface area contributed by atoms with Crippen LogP contribution in [0.1, 0.15) is 24.1 Å². The molecule has 3 rings (SSSR count). The molecule has 3 N–H and O–H groups in total. The molecule has 0 aliphatic heterocycles. The molecule has 10 heteroatoms. The molecule has 0 aromatic carbocycles. The second kappa shape index (κ2) is 7.82. The van der Waals surface area contributed by atoms with Crippen molar-refractivity contribution in [3.63, 3.8) is 0 Å². The molecule has 28 heavy (non-hydrogen) atoms. The molecule has 0 aliphatic rings. The highest BCUT2D eigenvalue weighted by Gasteiger charge is 2.28. The van der Waals surface area contributed by atoms with Crippen molar-refractivity contribution >= 4 is 23.0 Å². The number of nitrogen functional groups attached to an aromatic ring is 1. The van der Waals surface area contributed by atoms with E-state index in [0.29, 0.717) is 16.9 Å². The van der Waals surface area contributed by atoms with Crippen molar-refractivity contribution in [3.05, 3.63) is 69.9 Å². The van der Waals surface area contributed by atoms with Crippen LogP contribution < -0.4 is 15.8 Å². The summed E-state index contributed by atoms with van der Waals surface area (Å²) in [6.07, 6.45) is 2.58. The standard InChI is InChI=1S/C18H17FN6O3/c1-10(13-6-5-11(19)9-22-13)12-8-15(20)24-17(16(12)25(26)27)23-14-4-3-7-21-18(14)28-2/h3-10H,1-2H3,(H3,20,23,24)/t10-/m0/s1. The predicted molar refractivity (Wildman–Crippen MR) is 101 cm³/mol. The molecule has 0 spiro atoms. The fraction of sp³-hybridized carbons (Fsp3) is 0.167. The summed E-state index contributed by atoms with van der Waals surface area (Å²) in [7, 11) is 1.43. The number of methoxy groups -OCH3 is 1. The molecule has 0 amide bonds. The van der Waals surface area contributed by atoms with E-state index in [1.165, 1.54) is 31.5 Å². The summed E-state index contributed by atoms with van der Waals surface area (Å²) < 4.78 is 18.3. The minimum atomic E-state index is -0.549. The number of nitro groups is 1. The topological polar surface area (TPSA) is 129 Å². The van der Waals surface area contributed by atoms with E-state index in [1.807, 2.05) is 0 Å². The van der Waals surface area contributed by atoms with Crippen molar-refractivity contribution in [1.29, 1.82) is 0 Å². The minimum absolute atomic E-state index is 0.0553. The summed E-state index contributed by atoms with van der Waals surface area (Å²) in [6, 6.07) is 7.42. The minimum Gasteiger partial charge on any atom is -0.480 e. The van der Waals surface area contributed by atoms with Gasteiger partial charge in [-0.15, -0.1) is 0 Å². The maximum Gasteiger partial charge on any atom is 0.315 e. The number of nitrogens with zero attached hydrogens (tertiary/aromatic N) is 4. The molecule has 0 fully saturated rings. The van der Waals surface area contributed by atoms with Gasteiger partial charge in [0.2, 0.25) is 11.7 Å². The first-order valence-corrected chi connectivity index (χ1v) is 8.23.